The number of hydrogen-bond donors (Lipinski definition) is 1. The standard InChI is InChI=1S/C11H9NOS/c13-11-10-8(5-6-14-11)7-3-1-2-4-9(7)12-10/h1-4,12H,5-6H2. The molecule has 1 aromatic heterocycles. The molecule has 0 aliphatic carbocycles. The van der Waals surface area contributed by atoms with Crippen LogP contribution in [-0.4, -0.2) is 15.9 Å². The van der Waals surface area contributed by atoms with E-state index in [0.717, 1.165) is 23.4 Å². The van der Waals surface area contributed by atoms with Gasteiger partial charge in [-0.15, -0.1) is 0 Å². The Morgan fingerprint density at radius 2 is 2.14 bits per heavy atom. The van der Waals surface area contributed by atoms with E-state index in [1.165, 1.54) is 22.7 Å². The first-order valence-electron chi connectivity index (χ1n) is 4.63. The SMILES string of the molecule is O=C1SCCc2c1[nH]c1ccccc21. The van der Waals surface area contributed by atoms with Crippen LogP contribution in [-0.2, 0) is 6.42 Å². The molecule has 1 N–H and O–H groups in total. The lowest BCUT2D eigenvalue weighted by Crippen LogP contribution is -2.07. The van der Waals surface area contributed by atoms with Crippen molar-refractivity contribution in [3.8, 4) is 0 Å². The van der Waals surface area contributed by atoms with Crippen molar-refractivity contribution >= 4 is 27.8 Å². The summed E-state index contributed by atoms with van der Waals surface area (Å²) in [5.74, 6) is 0.910. The zero-order valence-corrected chi connectivity index (χ0v) is 8.36. The Hall–Kier alpha value is -1.22. The van der Waals surface area contributed by atoms with Crippen LogP contribution in [0.2, 0.25) is 0 Å². The highest BCUT2D eigenvalue weighted by atomic mass is 32.2. The van der Waals surface area contributed by atoms with Crippen molar-refractivity contribution in [3.63, 3.8) is 0 Å². The van der Waals surface area contributed by atoms with Gasteiger partial charge in [0.25, 0.3) is 0 Å². The van der Waals surface area contributed by atoms with Crippen LogP contribution in [0.3, 0.4) is 0 Å². The lowest BCUT2D eigenvalue weighted by atomic mass is 10.1. The second-order valence-electron chi connectivity index (χ2n) is 3.41. The number of H-pyrrole nitrogens is 1. The number of carbonyl (C=O) groups excluding carboxylic acids is 1. The summed E-state index contributed by atoms with van der Waals surface area (Å²) < 4.78 is 0. The number of thioether (sulfide) groups is 1. The van der Waals surface area contributed by atoms with E-state index in [2.05, 4.69) is 11.1 Å². The van der Waals surface area contributed by atoms with Gasteiger partial charge < -0.3 is 4.98 Å². The first-order valence-corrected chi connectivity index (χ1v) is 5.61. The molecular formula is C11H9NOS. The number of aromatic nitrogens is 1. The molecule has 0 amide bonds. The summed E-state index contributed by atoms with van der Waals surface area (Å²) in [6.07, 6.45) is 0.996. The molecule has 0 spiro atoms. The van der Waals surface area contributed by atoms with Crippen LogP contribution in [0.25, 0.3) is 10.9 Å². The van der Waals surface area contributed by atoms with Gasteiger partial charge in [0.15, 0.2) is 0 Å². The van der Waals surface area contributed by atoms with Gasteiger partial charge in [-0.2, -0.15) is 0 Å². The molecule has 14 heavy (non-hydrogen) atoms. The summed E-state index contributed by atoms with van der Waals surface area (Å²) >= 11 is 1.41. The third kappa shape index (κ3) is 1.02. The molecule has 3 rings (SSSR count). The molecule has 1 aliphatic rings. The smallest absolute Gasteiger partial charge is 0.235 e. The molecule has 2 nitrogen and oxygen atoms in total. The summed E-state index contributed by atoms with van der Waals surface area (Å²) in [6, 6.07) is 8.10. The van der Waals surface area contributed by atoms with E-state index in [0.29, 0.717) is 0 Å². The summed E-state index contributed by atoms with van der Waals surface area (Å²) in [5, 5.41) is 1.39. The monoisotopic (exact) mass is 203 g/mol. The number of rotatable bonds is 0. The third-order valence-electron chi connectivity index (χ3n) is 2.60. The Morgan fingerprint density at radius 3 is 3.07 bits per heavy atom. The predicted octanol–water partition coefficient (Wildman–Crippen LogP) is 2.60. The van der Waals surface area contributed by atoms with Crippen LogP contribution in [0.15, 0.2) is 24.3 Å². The van der Waals surface area contributed by atoms with Crippen molar-refractivity contribution in [3.05, 3.63) is 35.5 Å². The number of fused-ring (bicyclic) bond motifs is 3. The predicted molar refractivity (Wildman–Crippen MR) is 58.8 cm³/mol. The number of para-hydroxylation sites is 1. The van der Waals surface area contributed by atoms with Crippen molar-refractivity contribution in [2.75, 3.05) is 5.75 Å². The molecule has 1 aliphatic heterocycles. The molecular weight excluding hydrogens is 194 g/mol. The summed E-state index contributed by atoms with van der Waals surface area (Å²) in [7, 11) is 0. The van der Waals surface area contributed by atoms with Gasteiger partial charge in [-0.25, -0.2) is 0 Å². The van der Waals surface area contributed by atoms with E-state index in [1.807, 2.05) is 18.2 Å². The maximum Gasteiger partial charge on any atom is 0.235 e. The van der Waals surface area contributed by atoms with E-state index in [1.54, 1.807) is 0 Å². The molecule has 0 saturated heterocycles. The Kier molecular flexibility index (Phi) is 1.67. The fourth-order valence-corrected chi connectivity index (χ4v) is 2.76. The number of carbonyl (C=O) groups is 1. The molecule has 3 heteroatoms. The summed E-state index contributed by atoms with van der Waals surface area (Å²) in [5.41, 5.74) is 3.08. The van der Waals surface area contributed by atoms with Gasteiger partial charge >= 0.3 is 0 Å². The van der Waals surface area contributed by atoms with Gasteiger partial charge in [-0.05, 0) is 18.1 Å². The minimum Gasteiger partial charge on any atom is -0.351 e. The number of aromatic amines is 1. The molecule has 0 saturated carbocycles. The van der Waals surface area contributed by atoms with Crippen LogP contribution in [0.4, 0.5) is 0 Å². The van der Waals surface area contributed by atoms with Gasteiger partial charge in [0.05, 0.1) is 5.69 Å². The quantitative estimate of drug-likeness (QED) is 0.714. The van der Waals surface area contributed by atoms with E-state index in [4.69, 9.17) is 0 Å². The second-order valence-corrected chi connectivity index (χ2v) is 4.48. The molecule has 0 radical (unpaired) electrons. The molecule has 0 unspecified atom stereocenters. The highest BCUT2D eigenvalue weighted by molar-refractivity contribution is 8.14. The average molecular weight is 203 g/mol. The molecule has 0 bridgehead atoms. The van der Waals surface area contributed by atoms with E-state index >= 15 is 0 Å². The maximum atomic E-state index is 11.6. The summed E-state index contributed by atoms with van der Waals surface area (Å²) in [4.78, 5) is 14.8. The highest BCUT2D eigenvalue weighted by Crippen LogP contribution is 2.30. The first kappa shape index (κ1) is 8.12. The lowest BCUT2D eigenvalue weighted by Gasteiger charge is -2.08. The second kappa shape index (κ2) is 2.89. The Bertz CT molecular complexity index is 515. The molecule has 2 aromatic rings. The number of nitrogens with one attached hydrogen (secondary N) is 1. The third-order valence-corrected chi connectivity index (χ3v) is 3.48. The summed E-state index contributed by atoms with van der Waals surface area (Å²) in [6.45, 7) is 0. The molecule has 70 valence electrons. The molecule has 0 fully saturated rings. The Balaban J connectivity index is 2.38. The van der Waals surface area contributed by atoms with Crippen molar-refractivity contribution in [1.82, 2.24) is 4.98 Å². The van der Waals surface area contributed by atoms with Gasteiger partial charge in [0.1, 0.15) is 0 Å². The van der Waals surface area contributed by atoms with Gasteiger partial charge in [-0.1, -0.05) is 30.0 Å². The van der Waals surface area contributed by atoms with Crippen LogP contribution < -0.4 is 0 Å². The number of aryl methyl sites for hydroxylation is 1. The van der Waals surface area contributed by atoms with E-state index in [-0.39, 0.29) is 5.12 Å². The van der Waals surface area contributed by atoms with Crippen LogP contribution in [0, 0.1) is 0 Å². The molecule has 0 atom stereocenters. The zero-order valence-electron chi connectivity index (χ0n) is 7.54. The van der Waals surface area contributed by atoms with Crippen molar-refractivity contribution in [2.45, 2.75) is 6.42 Å². The van der Waals surface area contributed by atoms with Crippen LogP contribution >= 0.6 is 11.8 Å². The molecule has 1 aromatic carbocycles. The van der Waals surface area contributed by atoms with Crippen molar-refractivity contribution in [2.24, 2.45) is 0 Å². The minimum atomic E-state index is 0.183. The normalized spacial score (nSPS) is 15.9. The fourth-order valence-electron chi connectivity index (χ4n) is 1.95. The number of hydrogen-bond acceptors (Lipinski definition) is 2. The topological polar surface area (TPSA) is 32.9 Å². The largest absolute Gasteiger partial charge is 0.351 e. The van der Waals surface area contributed by atoms with Crippen LogP contribution in [0.5, 0.6) is 0 Å². The van der Waals surface area contributed by atoms with Crippen LogP contribution in [0.1, 0.15) is 16.1 Å². The van der Waals surface area contributed by atoms with Gasteiger partial charge in [0, 0.05) is 16.7 Å². The van der Waals surface area contributed by atoms with Crippen molar-refractivity contribution in [1.29, 1.82) is 0 Å². The highest BCUT2D eigenvalue weighted by Gasteiger charge is 2.21. The Labute approximate surface area is 85.7 Å². The van der Waals surface area contributed by atoms with E-state index in [9.17, 15) is 4.79 Å². The lowest BCUT2D eigenvalue weighted by molar-refractivity contribution is 0.108. The molecule has 2 heterocycles. The first-order chi connectivity index (χ1) is 6.86. The average Bonchev–Trinajstić information content (AvgIpc) is 2.59. The Morgan fingerprint density at radius 1 is 1.29 bits per heavy atom. The van der Waals surface area contributed by atoms with Gasteiger partial charge in [-0.3, -0.25) is 4.79 Å². The van der Waals surface area contributed by atoms with Gasteiger partial charge in [0.2, 0.25) is 5.12 Å². The minimum absolute atomic E-state index is 0.183. The number of benzene rings is 1. The maximum absolute atomic E-state index is 11.6. The van der Waals surface area contributed by atoms with E-state index < -0.39 is 0 Å². The fraction of sp³-hybridized carbons (Fsp3) is 0.182. The van der Waals surface area contributed by atoms with Crippen molar-refractivity contribution < 1.29 is 4.79 Å². The zero-order chi connectivity index (χ0) is 9.54.